The second-order valence-electron chi connectivity index (χ2n) is 8.22. The predicted molar refractivity (Wildman–Crippen MR) is 126 cm³/mol. The molecule has 2 aromatic rings. The molecule has 2 aromatic carbocycles. The number of ether oxygens (including phenoxy) is 1. The Morgan fingerprint density at radius 3 is 2.62 bits per heavy atom. The number of likely N-dealkylation sites (N-methyl/N-ethyl adjacent to an activating group) is 2. The van der Waals surface area contributed by atoms with E-state index in [1.807, 2.05) is 31.1 Å². The molecule has 0 aromatic heterocycles. The van der Waals surface area contributed by atoms with Crippen molar-refractivity contribution in [1.29, 1.82) is 0 Å². The van der Waals surface area contributed by atoms with Crippen LogP contribution in [0.3, 0.4) is 0 Å². The van der Waals surface area contributed by atoms with Gasteiger partial charge < -0.3 is 24.5 Å². The Morgan fingerprint density at radius 1 is 1.26 bits per heavy atom. The molecule has 3 rings (SSSR count). The van der Waals surface area contributed by atoms with E-state index < -0.39 is 24.0 Å². The lowest BCUT2D eigenvalue weighted by Crippen LogP contribution is -2.28. The van der Waals surface area contributed by atoms with Crippen molar-refractivity contribution in [2.75, 3.05) is 32.6 Å². The van der Waals surface area contributed by atoms with Crippen molar-refractivity contribution >= 4 is 29.1 Å². The predicted octanol–water partition coefficient (Wildman–Crippen LogP) is 4.19. The lowest BCUT2D eigenvalue weighted by Gasteiger charge is -2.21. The van der Waals surface area contributed by atoms with Crippen LogP contribution < -0.4 is 9.64 Å². The van der Waals surface area contributed by atoms with Gasteiger partial charge in [-0.3, -0.25) is 9.59 Å². The number of carbonyl (C=O) groups excluding carboxylic acids is 2. The van der Waals surface area contributed by atoms with Crippen LogP contribution in [0.5, 0.6) is 11.5 Å². The number of aromatic hydroxyl groups is 1. The Bertz CT molecular complexity index is 1140. The molecule has 10 heteroatoms. The highest BCUT2D eigenvalue weighted by molar-refractivity contribution is 6.33. The summed E-state index contributed by atoms with van der Waals surface area (Å²) in [5.41, 5.74) is 2.40. The maximum Gasteiger partial charge on any atom is 0.387 e. The van der Waals surface area contributed by atoms with E-state index in [0.29, 0.717) is 12.2 Å². The van der Waals surface area contributed by atoms with Gasteiger partial charge in [0.15, 0.2) is 0 Å². The Morgan fingerprint density at radius 2 is 1.97 bits per heavy atom. The summed E-state index contributed by atoms with van der Waals surface area (Å²) in [4.78, 5) is 30.9. The summed E-state index contributed by atoms with van der Waals surface area (Å²) in [6, 6.07) is 6.40. The van der Waals surface area contributed by atoms with E-state index in [2.05, 4.69) is 4.74 Å². The van der Waals surface area contributed by atoms with Gasteiger partial charge in [-0.05, 0) is 38.2 Å². The summed E-state index contributed by atoms with van der Waals surface area (Å²) in [6.45, 7) is -0.584. The SMILES string of the molecule is Cc1c(Cl)c(OC(F)F)cc(O)c1C(=O)N1Cc2cccc(N(C)C(=O)/C=C/CN(C)C)c2C1. The first-order valence-electron chi connectivity index (χ1n) is 10.5. The first-order chi connectivity index (χ1) is 16.0. The van der Waals surface area contributed by atoms with Gasteiger partial charge in [0, 0.05) is 50.1 Å². The molecule has 1 aliphatic rings. The van der Waals surface area contributed by atoms with Crippen molar-refractivity contribution in [3.05, 3.63) is 63.7 Å². The second kappa shape index (κ2) is 10.4. The minimum Gasteiger partial charge on any atom is -0.507 e. The zero-order valence-electron chi connectivity index (χ0n) is 19.3. The molecule has 0 radical (unpaired) electrons. The third kappa shape index (κ3) is 5.31. The summed E-state index contributed by atoms with van der Waals surface area (Å²) in [7, 11) is 5.47. The van der Waals surface area contributed by atoms with Crippen molar-refractivity contribution in [3.8, 4) is 11.5 Å². The first-order valence-corrected chi connectivity index (χ1v) is 10.8. The molecule has 182 valence electrons. The molecule has 2 amide bonds. The molecular formula is C24H26ClF2N3O4. The highest BCUT2D eigenvalue weighted by atomic mass is 35.5. The first kappa shape index (κ1) is 25.5. The molecule has 0 saturated heterocycles. The number of hydrogen-bond donors (Lipinski definition) is 1. The molecule has 1 N–H and O–H groups in total. The van der Waals surface area contributed by atoms with Crippen molar-refractivity contribution in [2.45, 2.75) is 26.6 Å². The van der Waals surface area contributed by atoms with E-state index in [1.165, 1.54) is 22.8 Å². The molecule has 0 atom stereocenters. The number of phenolic OH excluding ortho intramolecular Hbond substituents is 1. The van der Waals surface area contributed by atoms with Crippen molar-refractivity contribution in [3.63, 3.8) is 0 Å². The number of nitrogens with zero attached hydrogens (tertiary/aromatic N) is 3. The maximum atomic E-state index is 13.3. The van der Waals surface area contributed by atoms with Crippen molar-refractivity contribution in [1.82, 2.24) is 9.80 Å². The molecular weight excluding hydrogens is 468 g/mol. The van der Waals surface area contributed by atoms with Crippen molar-refractivity contribution in [2.24, 2.45) is 0 Å². The molecule has 1 heterocycles. The number of anilines is 1. The second-order valence-corrected chi connectivity index (χ2v) is 8.60. The molecule has 0 fully saturated rings. The van der Waals surface area contributed by atoms with Gasteiger partial charge in [-0.2, -0.15) is 8.78 Å². The summed E-state index contributed by atoms with van der Waals surface area (Å²) >= 11 is 6.12. The smallest absolute Gasteiger partial charge is 0.387 e. The Balaban J connectivity index is 1.85. The molecule has 7 nitrogen and oxygen atoms in total. The Kier molecular flexibility index (Phi) is 7.78. The third-order valence-electron chi connectivity index (χ3n) is 5.54. The quantitative estimate of drug-likeness (QED) is 0.585. The summed E-state index contributed by atoms with van der Waals surface area (Å²) < 4.78 is 29.6. The van der Waals surface area contributed by atoms with Gasteiger partial charge in [0.1, 0.15) is 11.5 Å². The van der Waals surface area contributed by atoms with E-state index >= 15 is 0 Å². The van der Waals surface area contributed by atoms with Gasteiger partial charge >= 0.3 is 6.61 Å². The zero-order chi connectivity index (χ0) is 25.2. The number of phenols is 1. The third-order valence-corrected chi connectivity index (χ3v) is 6.01. The fourth-order valence-corrected chi connectivity index (χ4v) is 4.01. The minimum absolute atomic E-state index is 0.0861. The Hall–Kier alpha value is -3.17. The van der Waals surface area contributed by atoms with E-state index in [-0.39, 0.29) is 35.1 Å². The van der Waals surface area contributed by atoms with Crippen LogP contribution in [0.4, 0.5) is 14.5 Å². The van der Waals surface area contributed by atoms with Crippen LogP contribution in [0, 0.1) is 6.92 Å². The maximum absolute atomic E-state index is 13.3. The average molecular weight is 494 g/mol. The molecule has 0 saturated carbocycles. The monoisotopic (exact) mass is 493 g/mol. The number of halogens is 3. The summed E-state index contributed by atoms with van der Waals surface area (Å²) in [5, 5.41) is 10.2. The number of rotatable bonds is 7. The largest absolute Gasteiger partial charge is 0.507 e. The van der Waals surface area contributed by atoms with Gasteiger partial charge in [-0.1, -0.05) is 29.8 Å². The molecule has 0 spiro atoms. The van der Waals surface area contributed by atoms with Gasteiger partial charge in [-0.25, -0.2) is 0 Å². The summed E-state index contributed by atoms with van der Waals surface area (Å²) in [5.74, 6) is -1.62. The lowest BCUT2D eigenvalue weighted by molar-refractivity contribution is -0.113. The Labute approximate surface area is 201 Å². The van der Waals surface area contributed by atoms with Gasteiger partial charge in [-0.15, -0.1) is 0 Å². The average Bonchev–Trinajstić information content (AvgIpc) is 3.20. The number of benzene rings is 2. The van der Waals surface area contributed by atoms with Crippen LogP contribution >= 0.6 is 11.6 Å². The van der Waals surface area contributed by atoms with Crippen LogP contribution in [0.1, 0.15) is 27.0 Å². The molecule has 0 unspecified atom stereocenters. The van der Waals surface area contributed by atoms with Gasteiger partial charge in [0.25, 0.3) is 5.91 Å². The molecule has 1 aliphatic heterocycles. The van der Waals surface area contributed by atoms with Crippen LogP contribution in [0.15, 0.2) is 36.4 Å². The van der Waals surface area contributed by atoms with Crippen molar-refractivity contribution < 1.29 is 28.2 Å². The van der Waals surface area contributed by atoms with Crippen LogP contribution in [-0.4, -0.2) is 61.0 Å². The number of fused-ring (bicyclic) bond motifs is 1. The standard InChI is InChI=1S/C24H26ClF2N3O4/c1-14-21(18(31)11-19(22(14)25)34-24(26)27)23(33)30-12-15-7-5-8-17(16(15)13-30)29(4)20(32)9-6-10-28(2)3/h5-9,11,24,31H,10,12-13H2,1-4H3/b9-6+. The molecule has 0 aliphatic carbocycles. The van der Waals surface area contributed by atoms with Gasteiger partial charge in [0.05, 0.1) is 10.6 Å². The van der Waals surface area contributed by atoms with Crippen LogP contribution in [0.25, 0.3) is 0 Å². The zero-order valence-corrected chi connectivity index (χ0v) is 20.1. The molecule has 0 bridgehead atoms. The van der Waals surface area contributed by atoms with Gasteiger partial charge in [0.2, 0.25) is 5.91 Å². The lowest BCUT2D eigenvalue weighted by atomic mass is 10.1. The van der Waals surface area contributed by atoms with Crippen LogP contribution in [0.2, 0.25) is 5.02 Å². The fraction of sp³-hybridized carbons (Fsp3) is 0.333. The van der Waals surface area contributed by atoms with E-state index in [1.54, 1.807) is 19.2 Å². The fourth-order valence-electron chi connectivity index (χ4n) is 3.81. The number of amides is 2. The number of alkyl halides is 2. The van der Waals surface area contributed by atoms with E-state index in [0.717, 1.165) is 17.2 Å². The summed E-state index contributed by atoms with van der Waals surface area (Å²) in [6.07, 6.45) is 3.28. The number of carbonyl (C=O) groups is 2. The van der Waals surface area contributed by atoms with Crippen LogP contribution in [-0.2, 0) is 17.9 Å². The molecule has 34 heavy (non-hydrogen) atoms. The highest BCUT2D eigenvalue weighted by Crippen LogP contribution is 2.39. The highest BCUT2D eigenvalue weighted by Gasteiger charge is 2.31. The minimum atomic E-state index is -3.12. The topological polar surface area (TPSA) is 73.3 Å². The van der Waals surface area contributed by atoms with E-state index in [9.17, 15) is 23.5 Å². The number of hydrogen-bond acceptors (Lipinski definition) is 5. The van der Waals surface area contributed by atoms with E-state index in [4.69, 9.17) is 11.6 Å². The normalized spacial score (nSPS) is 13.1.